The van der Waals surface area contributed by atoms with E-state index in [1.165, 1.54) is 0 Å². The van der Waals surface area contributed by atoms with Crippen molar-refractivity contribution in [1.29, 1.82) is 0 Å². The molecule has 2 rings (SSSR count). The van der Waals surface area contributed by atoms with E-state index in [4.69, 9.17) is 15.2 Å². The Bertz CT molecular complexity index is 525. The highest BCUT2D eigenvalue weighted by atomic mass is 35.5. The molecule has 0 bridgehead atoms. The van der Waals surface area contributed by atoms with Crippen molar-refractivity contribution in [3.8, 4) is 11.5 Å². The summed E-state index contributed by atoms with van der Waals surface area (Å²) in [5.41, 5.74) is 6.72. The molecule has 1 saturated heterocycles. The zero-order chi connectivity index (χ0) is 16.1. The minimum atomic E-state index is 0. The molecule has 0 aliphatic carbocycles. The van der Waals surface area contributed by atoms with Gasteiger partial charge in [0.05, 0.1) is 14.2 Å². The number of rotatable bonds is 6. The first-order valence-electron chi connectivity index (χ1n) is 7.79. The number of benzene rings is 1. The Balaban J connectivity index is 0.00000264. The highest BCUT2D eigenvalue weighted by Gasteiger charge is 2.31. The molecule has 5 nitrogen and oxygen atoms in total. The van der Waals surface area contributed by atoms with Gasteiger partial charge in [-0.05, 0) is 56.0 Å². The lowest BCUT2D eigenvalue weighted by Gasteiger charge is -2.21. The maximum absolute atomic E-state index is 12.5. The molecule has 0 spiro atoms. The summed E-state index contributed by atoms with van der Waals surface area (Å²) in [6.07, 6.45) is 2.13. The number of ether oxygens (including phenoxy) is 2. The number of methoxy groups -OCH3 is 2. The van der Waals surface area contributed by atoms with Crippen LogP contribution in [0.15, 0.2) is 18.2 Å². The van der Waals surface area contributed by atoms with Gasteiger partial charge in [-0.1, -0.05) is 0 Å². The second kappa shape index (κ2) is 8.99. The van der Waals surface area contributed by atoms with E-state index in [1.807, 2.05) is 23.1 Å². The molecule has 1 aromatic rings. The SMILES string of the molecule is COc1ccc(OC)c(CCC(=O)N2CC(CN)CC2C)c1.Cl. The van der Waals surface area contributed by atoms with Crippen LogP contribution in [-0.4, -0.2) is 44.2 Å². The van der Waals surface area contributed by atoms with Crippen LogP contribution in [0.2, 0.25) is 0 Å². The van der Waals surface area contributed by atoms with Crippen LogP contribution in [0.3, 0.4) is 0 Å². The van der Waals surface area contributed by atoms with Crippen LogP contribution in [-0.2, 0) is 11.2 Å². The zero-order valence-corrected chi connectivity index (χ0v) is 14.9. The van der Waals surface area contributed by atoms with Crippen LogP contribution >= 0.6 is 12.4 Å². The van der Waals surface area contributed by atoms with Crippen molar-refractivity contribution in [1.82, 2.24) is 4.90 Å². The fourth-order valence-corrected chi connectivity index (χ4v) is 3.12. The fraction of sp³-hybridized carbons (Fsp3) is 0.588. The summed E-state index contributed by atoms with van der Waals surface area (Å²) in [6.45, 7) is 3.53. The van der Waals surface area contributed by atoms with E-state index >= 15 is 0 Å². The number of hydrogen-bond donors (Lipinski definition) is 1. The molecule has 0 saturated carbocycles. The Hall–Kier alpha value is -1.46. The van der Waals surface area contributed by atoms with Crippen LogP contribution in [0.4, 0.5) is 0 Å². The number of carbonyl (C=O) groups is 1. The summed E-state index contributed by atoms with van der Waals surface area (Å²) in [5.74, 6) is 2.20. The van der Waals surface area contributed by atoms with Crippen molar-refractivity contribution in [3.05, 3.63) is 23.8 Å². The quantitative estimate of drug-likeness (QED) is 0.861. The lowest BCUT2D eigenvalue weighted by Crippen LogP contribution is -2.34. The summed E-state index contributed by atoms with van der Waals surface area (Å²) in [6, 6.07) is 5.95. The van der Waals surface area contributed by atoms with Gasteiger partial charge in [0.25, 0.3) is 0 Å². The molecule has 130 valence electrons. The Kier molecular flexibility index (Phi) is 7.65. The van der Waals surface area contributed by atoms with Gasteiger partial charge in [-0.3, -0.25) is 4.79 Å². The number of likely N-dealkylation sites (tertiary alicyclic amines) is 1. The van der Waals surface area contributed by atoms with Gasteiger partial charge in [-0.25, -0.2) is 0 Å². The number of halogens is 1. The second-order valence-corrected chi connectivity index (χ2v) is 5.91. The van der Waals surface area contributed by atoms with Gasteiger partial charge in [0.15, 0.2) is 0 Å². The molecule has 1 amide bonds. The zero-order valence-electron chi connectivity index (χ0n) is 14.1. The largest absolute Gasteiger partial charge is 0.497 e. The van der Waals surface area contributed by atoms with Gasteiger partial charge < -0.3 is 20.1 Å². The van der Waals surface area contributed by atoms with Gasteiger partial charge in [0.2, 0.25) is 5.91 Å². The summed E-state index contributed by atoms with van der Waals surface area (Å²) in [4.78, 5) is 14.4. The topological polar surface area (TPSA) is 64.8 Å². The number of amides is 1. The van der Waals surface area contributed by atoms with E-state index in [9.17, 15) is 4.79 Å². The molecule has 1 aliphatic heterocycles. The van der Waals surface area contributed by atoms with Gasteiger partial charge in [0.1, 0.15) is 11.5 Å². The predicted octanol–water partition coefficient (Wildman–Crippen LogP) is 2.25. The number of nitrogens with zero attached hydrogens (tertiary/aromatic N) is 1. The van der Waals surface area contributed by atoms with Gasteiger partial charge in [-0.2, -0.15) is 0 Å². The highest BCUT2D eigenvalue weighted by Crippen LogP contribution is 2.27. The van der Waals surface area contributed by atoms with Gasteiger partial charge in [0, 0.05) is 19.0 Å². The minimum Gasteiger partial charge on any atom is -0.497 e. The summed E-state index contributed by atoms with van der Waals surface area (Å²) >= 11 is 0. The third kappa shape index (κ3) is 4.75. The van der Waals surface area contributed by atoms with Crippen molar-refractivity contribution < 1.29 is 14.3 Å². The molecule has 1 aromatic carbocycles. The average Bonchev–Trinajstić information content (AvgIpc) is 2.93. The fourth-order valence-electron chi connectivity index (χ4n) is 3.12. The van der Waals surface area contributed by atoms with Crippen LogP contribution in [0.5, 0.6) is 11.5 Å². The first-order valence-corrected chi connectivity index (χ1v) is 7.79. The molecule has 2 N–H and O–H groups in total. The van der Waals surface area contributed by atoms with E-state index in [0.29, 0.717) is 25.3 Å². The Labute approximate surface area is 144 Å². The number of nitrogens with two attached hydrogens (primary N) is 1. The maximum Gasteiger partial charge on any atom is 0.223 e. The predicted molar refractivity (Wildman–Crippen MR) is 93.5 cm³/mol. The smallest absolute Gasteiger partial charge is 0.223 e. The van der Waals surface area contributed by atoms with Crippen molar-refractivity contribution in [2.24, 2.45) is 11.7 Å². The van der Waals surface area contributed by atoms with E-state index in [-0.39, 0.29) is 24.4 Å². The molecule has 1 fully saturated rings. The van der Waals surface area contributed by atoms with Crippen LogP contribution < -0.4 is 15.2 Å². The Morgan fingerprint density at radius 3 is 2.65 bits per heavy atom. The maximum atomic E-state index is 12.5. The van der Waals surface area contributed by atoms with E-state index in [0.717, 1.165) is 30.0 Å². The molecule has 1 aliphatic rings. The second-order valence-electron chi connectivity index (χ2n) is 5.91. The number of carbonyl (C=O) groups excluding carboxylic acids is 1. The van der Waals surface area contributed by atoms with Crippen molar-refractivity contribution in [2.45, 2.75) is 32.2 Å². The van der Waals surface area contributed by atoms with E-state index in [2.05, 4.69) is 6.92 Å². The molecule has 1 heterocycles. The molecular weight excluding hydrogens is 316 g/mol. The summed E-state index contributed by atoms with van der Waals surface area (Å²) in [5, 5.41) is 0. The van der Waals surface area contributed by atoms with Gasteiger partial charge >= 0.3 is 0 Å². The lowest BCUT2D eigenvalue weighted by atomic mass is 10.1. The van der Waals surface area contributed by atoms with Crippen molar-refractivity contribution >= 4 is 18.3 Å². The molecule has 0 aromatic heterocycles. The summed E-state index contributed by atoms with van der Waals surface area (Å²) in [7, 11) is 3.27. The van der Waals surface area contributed by atoms with Crippen LogP contribution in [0, 0.1) is 5.92 Å². The minimum absolute atomic E-state index is 0. The third-order valence-electron chi connectivity index (χ3n) is 4.41. The first kappa shape index (κ1) is 19.6. The first-order chi connectivity index (χ1) is 10.6. The van der Waals surface area contributed by atoms with E-state index in [1.54, 1.807) is 14.2 Å². The lowest BCUT2D eigenvalue weighted by molar-refractivity contribution is -0.131. The van der Waals surface area contributed by atoms with Crippen LogP contribution in [0.1, 0.15) is 25.3 Å². The molecule has 23 heavy (non-hydrogen) atoms. The molecule has 2 unspecified atom stereocenters. The van der Waals surface area contributed by atoms with E-state index < -0.39 is 0 Å². The number of aryl methyl sites for hydroxylation is 1. The molecule has 2 atom stereocenters. The van der Waals surface area contributed by atoms with Crippen LogP contribution in [0.25, 0.3) is 0 Å². The van der Waals surface area contributed by atoms with Gasteiger partial charge in [-0.15, -0.1) is 12.4 Å². The molecule has 6 heteroatoms. The molecular formula is C17H27ClN2O3. The molecule has 0 radical (unpaired) electrons. The number of hydrogen-bond acceptors (Lipinski definition) is 4. The standard InChI is InChI=1S/C17H26N2O3.ClH/c1-12-8-13(10-18)11-19(12)17(20)7-4-14-9-15(21-2)5-6-16(14)22-3;/h5-6,9,12-13H,4,7-8,10-11,18H2,1-3H3;1H. The Morgan fingerprint density at radius 2 is 2.09 bits per heavy atom. The monoisotopic (exact) mass is 342 g/mol. The third-order valence-corrected chi connectivity index (χ3v) is 4.41. The Morgan fingerprint density at radius 1 is 1.35 bits per heavy atom. The normalized spacial score (nSPS) is 20.1. The summed E-state index contributed by atoms with van der Waals surface area (Å²) < 4.78 is 10.6. The highest BCUT2D eigenvalue weighted by molar-refractivity contribution is 5.85. The van der Waals surface area contributed by atoms with Crippen molar-refractivity contribution in [3.63, 3.8) is 0 Å². The average molecular weight is 343 g/mol. The van der Waals surface area contributed by atoms with Crippen molar-refractivity contribution in [2.75, 3.05) is 27.3 Å².